The quantitative estimate of drug-likeness (QED) is 0.658. The zero-order valence-corrected chi connectivity index (χ0v) is 13.7. The molecule has 1 aliphatic heterocycles. The van der Waals surface area contributed by atoms with Gasteiger partial charge in [0.2, 0.25) is 0 Å². The minimum atomic E-state index is -0.160. The molecule has 4 heteroatoms. The molecular weight excluding hydrogens is 291 g/mol. The average Bonchev–Trinajstić information content (AvgIpc) is 2.39. The molecular formula is C14H22BBrO2. The van der Waals surface area contributed by atoms with Gasteiger partial charge in [-0.05, 0) is 53.6 Å². The van der Waals surface area contributed by atoms with Gasteiger partial charge in [0.15, 0.2) is 0 Å². The van der Waals surface area contributed by atoms with Crippen molar-refractivity contribution in [3.63, 3.8) is 0 Å². The normalized spacial score (nSPS) is 20.3. The van der Waals surface area contributed by atoms with Gasteiger partial charge in [-0.15, -0.1) is 0 Å². The number of halogens is 1. The number of hydrogen-bond acceptors (Lipinski definition) is 2. The first-order valence-corrected chi connectivity index (χ1v) is 7.01. The van der Waals surface area contributed by atoms with Gasteiger partial charge in [-0.25, -0.2) is 0 Å². The highest BCUT2D eigenvalue weighted by atomic mass is 79.9. The lowest BCUT2D eigenvalue weighted by Crippen LogP contribution is -2.41. The highest BCUT2D eigenvalue weighted by molar-refractivity contribution is 9.10. The van der Waals surface area contributed by atoms with Crippen LogP contribution in [-0.4, -0.2) is 18.3 Å². The molecule has 0 spiro atoms. The van der Waals surface area contributed by atoms with Crippen molar-refractivity contribution in [2.45, 2.75) is 52.6 Å². The Morgan fingerprint density at radius 3 is 1.56 bits per heavy atom. The summed E-state index contributed by atoms with van der Waals surface area (Å²) in [5.41, 5.74) is 0.979. The Morgan fingerprint density at radius 2 is 1.33 bits per heavy atom. The molecule has 1 aromatic rings. The summed E-state index contributed by atoms with van der Waals surface area (Å²) in [5, 5.41) is 0. The molecule has 18 heavy (non-hydrogen) atoms. The average molecular weight is 313 g/mol. The van der Waals surface area contributed by atoms with Crippen LogP contribution in [0.1, 0.15) is 33.3 Å². The fourth-order valence-corrected chi connectivity index (χ4v) is 1.94. The first-order valence-electron chi connectivity index (χ1n) is 6.22. The molecule has 100 valence electrons. The van der Waals surface area contributed by atoms with Crippen LogP contribution in [-0.2, 0) is 9.31 Å². The van der Waals surface area contributed by atoms with E-state index < -0.39 is 0 Å². The second kappa shape index (κ2) is 5.76. The van der Waals surface area contributed by atoms with Gasteiger partial charge in [0.25, 0.3) is 0 Å². The molecule has 0 atom stereocenters. The van der Waals surface area contributed by atoms with Crippen LogP contribution in [0.3, 0.4) is 0 Å². The Labute approximate surface area is 119 Å². The number of hydrogen-bond donors (Lipinski definition) is 0. The Balaban J connectivity index is 0.000000184. The highest BCUT2D eigenvalue weighted by Gasteiger charge is 2.48. The Morgan fingerprint density at radius 1 is 0.944 bits per heavy atom. The van der Waals surface area contributed by atoms with Gasteiger partial charge in [0.1, 0.15) is 0 Å². The standard InChI is InChI=1S/C7H15BO2.C7H7Br/c1-6(2)7(3,4)10-8(5)9-6;1-6-2-4-7(8)5-3-6/h1-5H3;2-5H,1H3. The molecule has 1 aliphatic rings. The van der Waals surface area contributed by atoms with E-state index in [0.717, 1.165) is 4.47 Å². The lowest BCUT2D eigenvalue weighted by atomic mass is 9.90. The highest BCUT2D eigenvalue weighted by Crippen LogP contribution is 2.36. The number of rotatable bonds is 0. The molecule has 1 aromatic carbocycles. The van der Waals surface area contributed by atoms with Gasteiger partial charge >= 0.3 is 7.12 Å². The summed E-state index contributed by atoms with van der Waals surface area (Å²) in [6, 6.07) is 8.22. The summed E-state index contributed by atoms with van der Waals surface area (Å²) in [5.74, 6) is 0. The van der Waals surface area contributed by atoms with E-state index in [1.165, 1.54) is 5.56 Å². The molecule has 0 radical (unpaired) electrons. The lowest BCUT2D eigenvalue weighted by molar-refractivity contribution is 0.00578. The molecule has 0 amide bonds. The minimum absolute atomic E-state index is 0.0648. The first kappa shape index (κ1) is 15.7. The molecule has 0 bridgehead atoms. The predicted molar refractivity (Wildman–Crippen MR) is 80.8 cm³/mol. The summed E-state index contributed by atoms with van der Waals surface area (Å²) in [7, 11) is -0.0648. The fraction of sp³-hybridized carbons (Fsp3) is 0.571. The number of aryl methyl sites for hydroxylation is 1. The van der Waals surface area contributed by atoms with Crippen LogP contribution < -0.4 is 0 Å². The van der Waals surface area contributed by atoms with Gasteiger partial charge in [0.05, 0.1) is 11.2 Å². The van der Waals surface area contributed by atoms with Crippen LogP contribution >= 0.6 is 15.9 Å². The van der Waals surface area contributed by atoms with Crippen LogP contribution in [0, 0.1) is 6.92 Å². The third-order valence-electron chi connectivity index (χ3n) is 3.38. The Bertz CT molecular complexity index is 350. The van der Waals surface area contributed by atoms with Gasteiger partial charge in [-0.3, -0.25) is 0 Å². The second-order valence-corrected chi connectivity index (χ2v) is 6.54. The third-order valence-corrected chi connectivity index (χ3v) is 3.91. The van der Waals surface area contributed by atoms with Crippen LogP contribution in [0.15, 0.2) is 28.7 Å². The molecule has 1 fully saturated rings. The van der Waals surface area contributed by atoms with E-state index in [0.29, 0.717) is 0 Å². The molecule has 0 N–H and O–H groups in total. The van der Waals surface area contributed by atoms with Crippen molar-refractivity contribution >= 4 is 23.0 Å². The van der Waals surface area contributed by atoms with Crippen molar-refractivity contribution in [2.24, 2.45) is 0 Å². The van der Waals surface area contributed by atoms with Crippen molar-refractivity contribution in [2.75, 3.05) is 0 Å². The maximum Gasteiger partial charge on any atom is 0.454 e. The maximum atomic E-state index is 5.54. The molecule has 1 saturated heterocycles. The van der Waals surface area contributed by atoms with Crippen LogP contribution in [0.4, 0.5) is 0 Å². The molecule has 2 nitrogen and oxygen atoms in total. The van der Waals surface area contributed by atoms with E-state index in [-0.39, 0.29) is 18.3 Å². The van der Waals surface area contributed by atoms with E-state index in [1.807, 2.05) is 19.0 Å². The SMILES string of the molecule is CB1OC(C)(C)C(C)(C)O1.Cc1ccc(Br)cc1. The Hall–Kier alpha value is -0.315. The van der Waals surface area contributed by atoms with Gasteiger partial charge in [-0.2, -0.15) is 0 Å². The second-order valence-electron chi connectivity index (χ2n) is 5.62. The molecule has 0 aromatic heterocycles. The lowest BCUT2D eigenvalue weighted by Gasteiger charge is -2.32. The van der Waals surface area contributed by atoms with E-state index in [2.05, 4.69) is 62.7 Å². The van der Waals surface area contributed by atoms with Gasteiger partial charge < -0.3 is 9.31 Å². The largest absolute Gasteiger partial charge is 0.454 e. The van der Waals surface area contributed by atoms with Crippen molar-refractivity contribution in [3.8, 4) is 0 Å². The monoisotopic (exact) mass is 312 g/mol. The maximum absolute atomic E-state index is 5.54. The smallest absolute Gasteiger partial charge is 0.403 e. The summed E-state index contributed by atoms with van der Waals surface area (Å²) < 4.78 is 12.2. The van der Waals surface area contributed by atoms with Gasteiger partial charge in [0, 0.05) is 4.47 Å². The van der Waals surface area contributed by atoms with Crippen LogP contribution in [0.25, 0.3) is 0 Å². The summed E-state index contributed by atoms with van der Waals surface area (Å²) in [4.78, 5) is 0. The zero-order chi connectivity index (χ0) is 14.0. The van der Waals surface area contributed by atoms with Crippen LogP contribution in [0.5, 0.6) is 0 Å². The van der Waals surface area contributed by atoms with Crippen molar-refractivity contribution in [1.82, 2.24) is 0 Å². The molecule has 0 saturated carbocycles. The van der Waals surface area contributed by atoms with E-state index in [4.69, 9.17) is 9.31 Å². The topological polar surface area (TPSA) is 18.5 Å². The Kier molecular flexibility index (Phi) is 5.04. The van der Waals surface area contributed by atoms with Gasteiger partial charge in [-0.1, -0.05) is 33.6 Å². The van der Waals surface area contributed by atoms with Crippen LogP contribution in [0.2, 0.25) is 6.82 Å². The summed E-state index contributed by atoms with van der Waals surface area (Å²) in [6.07, 6.45) is 0. The molecule has 1 heterocycles. The van der Waals surface area contributed by atoms with Crippen molar-refractivity contribution in [1.29, 1.82) is 0 Å². The van der Waals surface area contributed by atoms with E-state index in [1.54, 1.807) is 0 Å². The molecule has 0 unspecified atom stereocenters. The number of benzene rings is 1. The summed E-state index contributed by atoms with van der Waals surface area (Å²) >= 11 is 3.35. The van der Waals surface area contributed by atoms with Crippen molar-refractivity contribution < 1.29 is 9.31 Å². The first-order chi connectivity index (χ1) is 8.14. The molecule has 0 aliphatic carbocycles. The van der Waals surface area contributed by atoms with E-state index >= 15 is 0 Å². The van der Waals surface area contributed by atoms with E-state index in [9.17, 15) is 0 Å². The third kappa shape index (κ3) is 4.11. The fourth-order valence-electron chi connectivity index (χ4n) is 1.67. The zero-order valence-electron chi connectivity index (χ0n) is 12.1. The minimum Gasteiger partial charge on any atom is -0.403 e. The van der Waals surface area contributed by atoms with Crippen molar-refractivity contribution in [3.05, 3.63) is 34.3 Å². The predicted octanol–water partition coefficient (Wildman–Crippen LogP) is 4.47. The summed E-state index contributed by atoms with van der Waals surface area (Å²) in [6.45, 7) is 12.2. The molecule has 2 rings (SSSR count).